The number of rotatable bonds is 4. The number of nitrogens with zero attached hydrogens (tertiary/aromatic N) is 2. The third-order valence-corrected chi connectivity index (χ3v) is 3.35. The Bertz CT molecular complexity index is 693. The first-order valence-electron chi connectivity index (χ1n) is 5.84. The van der Waals surface area contributed by atoms with Crippen LogP contribution in [-0.2, 0) is 13.7 Å². The van der Waals surface area contributed by atoms with Crippen molar-refractivity contribution in [2.24, 2.45) is 7.05 Å². The number of carboxylic acid groups (broad SMARTS) is 1. The van der Waals surface area contributed by atoms with Gasteiger partial charge in [0.15, 0.2) is 17.4 Å². The molecule has 0 unspecified atom stereocenters. The number of aromatic nitrogens is 2. The van der Waals surface area contributed by atoms with E-state index in [1.165, 1.54) is 4.68 Å². The van der Waals surface area contributed by atoms with Gasteiger partial charge in [-0.2, -0.15) is 5.10 Å². The number of aromatic carboxylic acids is 1. The molecule has 1 aromatic carbocycles. The lowest BCUT2D eigenvalue weighted by molar-refractivity contribution is 0.0695. The lowest BCUT2D eigenvalue weighted by Gasteiger charge is -2.09. The lowest BCUT2D eigenvalue weighted by atomic mass is 10.2. The quantitative estimate of drug-likeness (QED) is 0.942. The maximum Gasteiger partial charge on any atom is 0.335 e. The van der Waals surface area contributed by atoms with Gasteiger partial charge in [0.25, 0.3) is 0 Å². The highest BCUT2D eigenvalue weighted by molar-refractivity contribution is 6.30. The van der Waals surface area contributed by atoms with Crippen LogP contribution in [-0.4, -0.2) is 20.9 Å². The summed E-state index contributed by atoms with van der Waals surface area (Å²) in [6.07, 6.45) is 0. The average Bonchev–Trinajstić information content (AvgIpc) is 2.63. The normalized spacial score (nSPS) is 10.7. The fraction of sp³-hybridized carbons (Fsp3) is 0.231. The smallest absolute Gasteiger partial charge is 0.335 e. The van der Waals surface area contributed by atoms with Gasteiger partial charge in [-0.15, -0.1) is 0 Å². The zero-order valence-electron chi connectivity index (χ0n) is 11.2. The predicted octanol–water partition coefficient (Wildman–Crippen LogP) is 2.94. The number of ether oxygens (including phenoxy) is 1. The van der Waals surface area contributed by atoms with Crippen molar-refractivity contribution in [3.8, 4) is 5.75 Å². The number of hydrogen-bond acceptors (Lipinski definition) is 3. The summed E-state index contributed by atoms with van der Waals surface area (Å²) in [6, 6.07) is 1.39. The summed E-state index contributed by atoms with van der Waals surface area (Å²) in [5, 5.41) is 13.1. The molecule has 0 spiro atoms. The van der Waals surface area contributed by atoms with Crippen LogP contribution in [0.3, 0.4) is 0 Å². The van der Waals surface area contributed by atoms with Gasteiger partial charge in [-0.05, 0) is 19.1 Å². The molecule has 0 aliphatic rings. The van der Waals surface area contributed by atoms with Crippen molar-refractivity contribution in [3.63, 3.8) is 0 Å². The van der Waals surface area contributed by atoms with E-state index in [0.29, 0.717) is 28.5 Å². The van der Waals surface area contributed by atoms with Gasteiger partial charge < -0.3 is 9.84 Å². The minimum absolute atomic E-state index is 0.182. The fourth-order valence-corrected chi connectivity index (χ4v) is 2.03. The Morgan fingerprint density at radius 1 is 1.43 bits per heavy atom. The molecule has 1 aromatic heterocycles. The SMILES string of the molecule is Cc1nn(C)c(Cl)c1COc1c(F)cc(C(=O)O)cc1F. The summed E-state index contributed by atoms with van der Waals surface area (Å²) >= 11 is 5.98. The Hall–Kier alpha value is -2.15. The minimum Gasteiger partial charge on any atom is -0.483 e. The first kappa shape index (κ1) is 15.2. The molecule has 2 rings (SSSR count). The van der Waals surface area contributed by atoms with Crippen LogP contribution in [0, 0.1) is 18.6 Å². The second-order valence-electron chi connectivity index (χ2n) is 4.34. The molecule has 0 radical (unpaired) electrons. The molecule has 0 saturated carbocycles. The summed E-state index contributed by atoms with van der Waals surface area (Å²) in [6.45, 7) is 1.50. The predicted molar refractivity (Wildman–Crippen MR) is 70.6 cm³/mol. The number of carbonyl (C=O) groups is 1. The van der Waals surface area contributed by atoms with Gasteiger partial charge in [-0.1, -0.05) is 11.6 Å². The van der Waals surface area contributed by atoms with Crippen molar-refractivity contribution in [1.82, 2.24) is 9.78 Å². The van der Waals surface area contributed by atoms with Gasteiger partial charge in [0.1, 0.15) is 11.8 Å². The van der Waals surface area contributed by atoms with Gasteiger partial charge in [-0.3, -0.25) is 4.68 Å². The molecular weight excluding hydrogens is 306 g/mol. The Kier molecular flexibility index (Phi) is 4.13. The number of benzene rings is 1. The zero-order chi connectivity index (χ0) is 15.7. The first-order chi connectivity index (χ1) is 9.81. The molecule has 112 valence electrons. The van der Waals surface area contributed by atoms with Crippen molar-refractivity contribution in [3.05, 3.63) is 45.7 Å². The van der Waals surface area contributed by atoms with Crippen molar-refractivity contribution in [2.75, 3.05) is 0 Å². The van der Waals surface area contributed by atoms with Crippen LogP contribution in [0.2, 0.25) is 5.15 Å². The maximum atomic E-state index is 13.7. The molecule has 0 aliphatic heterocycles. The van der Waals surface area contributed by atoms with Crippen LogP contribution < -0.4 is 4.74 Å². The van der Waals surface area contributed by atoms with E-state index in [0.717, 1.165) is 0 Å². The van der Waals surface area contributed by atoms with E-state index in [1.54, 1.807) is 14.0 Å². The highest BCUT2D eigenvalue weighted by Gasteiger charge is 2.18. The fourth-order valence-electron chi connectivity index (χ4n) is 1.80. The molecular formula is C13H11ClF2N2O3. The average molecular weight is 317 g/mol. The molecule has 8 heteroatoms. The molecule has 0 saturated heterocycles. The monoisotopic (exact) mass is 316 g/mol. The van der Waals surface area contributed by atoms with Crippen LogP contribution in [0.5, 0.6) is 5.75 Å². The van der Waals surface area contributed by atoms with Crippen LogP contribution in [0.15, 0.2) is 12.1 Å². The Balaban J connectivity index is 2.26. The standard InChI is InChI=1S/C13H11ClF2N2O3/c1-6-8(12(14)18(2)17-6)5-21-11-9(15)3-7(13(19)20)4-10(11)16/h3-4H,5H2,1-2H3,(H,19,20). The van der Waals surface area contributed by atoms with E-state index in [9.17, 15) is 13.6 Å². The zero-order valence-corrected chi connectivity index (χ0v) is 11.9. The van der Waals surface area contributed by atoms with Crippen molar-refractivity contribution >= 4 is 17.6 Å². The van der Waals surface area contributed by atoms with Crippen molar-refractivity contribution in [1.29, 1.82) is 0 Å². The number of hydrogen-bond donors (Lipinski definition) is 1. The van der Waals surface area contributed by atoms with Crippen molar-refractivity contribution in [2.45, 2.75) is 13.5 Å². The Morgan fingerprint density at radius 3 is 2.43 bits per heavy atom. The topological polar surface area (TPSA) is 64.4 Å². The third-order valence-electron chi connectivity index (χ3n) is 2.88. The van der Waals surface area contributed by atoms with Crippen LogP contribution in [0.25, 0.3) is 0 Å². The van der Waals surface area contributed by atoms with Gasteiger partial charge in [0, 0.05) is 12.6 Å². The summed E-state index contributed by atoms with van der Waals surface area (Å²) in [4.78, 5) is 10.7. The summed E-state index contributed by atoms with van der Waals surface area (Å²) in [5.74, 6) is -4.26. The number of halogens is 3. The van der Waals surface area contributed by atoms with E-state index in [2.05, 4.69) is 5.10 Å². The van der Waals surface area contributed by atoms with Gasteiger partial charge in [0.05, 0.1) is 11.3 Å². The molecule has 1 heterocycles. The van der Waals surface area contributed by atoms with Crippen molar-refractivity contribution < 1.29 is 23.4 Å². The summed E-state index contributed by atoms with van der Waals surface area (Å²) < 4.78 is 33.9. The molecule has 0 amide bonds. The van der Waals surface area contributed by atoms with E-state index < -0.39 is 28.9 Å². The molecule has 1 N–H and O–H groups in total. The van der Waals surface area contributed by atoms with E-state index in [4.69, 9.17) is 21.4 Å². The molecule has 5 nitrogen and oxygen atoms in total. The second-order valence-corrected chi connectivity index (χ2v) is 4.70. The van der Waals surface area contributed by atoms with Crippen LogP contribution >= 0.6 is 11.6 Å². The van der Waals surface area contributed by atoms with E-state index >= 15 is 0 Å². The third kappa shape index (κ3) is 2.97. The van der Waals surface area contributed by atoms with Crippen LogP contribution in [0.4, 0.5) is 8.78 Å². The maximum absolute atomic E-state index is 13.7. The molecule has 0 bridgehead atoms. The summed E-state index contributed by atoms with van der Waals surface area (Å²) in [5.41, 5.74) is 0.582. The van der Waals surface area contributed by atoms with Gasteiger partial charge in [0.2, 0.25) is 0 Å². The second kappa shape index (κ2) is 5.69. The summed E-state index contributed by atoms with van der Waals surface area (Å²) in [7, 11) is 1.63. The molecule has 0 atom stereocenters. The lowest BCUT2D eigenvalue weighted by Crippen LogP contribution is -2.04. The minimum atomic E-state index is -1.43. The Labute approximate surface area is 123 Å². The largest absolute Gasteiger partial charge is 0.483 e. The number of carboxylic acids is 1. The highest BCUT2D eigenvalue weighted by atomic mass is 35.5. The Morgan fingerprint density at radius 2 is 2.00 bits per heavy atom. The van der Waals surface area contributed by atoms with E-state index in [-0.39, 0.29) is 6.61 Å². The molecule has 0 aliphatic carbocycles. The van der Waals surface area contributed by atoms with Gasteiger partial charge >= 0.3 is 5.97 Å². The van der Waals surface area contributed by atoms with Crippen LogP contribution in [0.1, 0.15) is 21.6 Å². The molecule has 21 heavy (non-hydrogen) atoms. The van der Waals surface area contributed by atoms with Gasteiger partial charge in [-0.25, -0.2) is 13.6 Å². The number of aryl methyl sites for hydroxylation is 2. The highest BCUT2D eigenvalue weighted by Crippen LogP contribution is 2.26. The molecule has 0 fully saturated rings. The molecule has 2 aromatic rings. The first-order valence-corrected chi connectivity index (χ1v) is 6.22. The van der Waals surface area contributed by atoms with E-state index in [1.807, 2.05) is 0 Å².